The van der Waals surface area contributed by atoms with E-state index < -0.39 is 0 Å². The molecule has 1 aliphatic rings. The third kappa shape index (κ3) is 2.31. The molecule has 1 N–H and O–H groups in total. The van der Waals surface area contributed by atoms with Crippen molar-refractivity contribution >= 4 is 29.2 Å². The molecule has 1 unspecified atom stereocenters. The van der Waals surface area contributed by atoms with Crippen molar-refractivity contribution < 1.29 is 0 Å². The Bertz CT molecular complexity index is 651. The van der Waals surface area contributed by atoms with Crippen LogP contribution in [0.5, 0.6) is 0 Å². The number of hydrogen-bond donors (Lipinski definition) is 1. The molecule has 3 nitrogen and oxygen atoms in total. The molecule has 0 saturated carbocycles. The fourth-order valence-electron chi connectivity index (χ4n) is 2.81. The summed E-state index contributed by atoms with van der Waals surface area (Å²) in [5.41, 5.74) is 4.98. The van der Waals surface area contributed by atoms with Crippen LogP contribution in [0.3, 0.4) is 0 Å². The number of halogens is 1. The Morgan fingerprint density at radius 3 is 2.95 bits per heavy atom. The van der Waals surface area contributed by atoms with Crippen molar-refractivity contribution in [3.8, 4) is 0 Å². The first-order valence-electron chi connectivity index (χ1n) is 6.73. The van der Waals surface area contributed by atoms with Gasteiger partial charge in [0.05, 0.1) is 10.9 Å². The van der Waals surface area contributed by atoms with Gasteiger partial charge in [-0.2, -0.15) is 5.10 Å². The molecule has 0 fully saturated rings. The summed E-state index contributed by atoms with van der Waals surface area (Å²) in [7, 11) is 2.00. The Labute approximate surface area is 128 Å². The van der Waals surface area contributed by atoms with E-state index in [1.165, 1.54) is 16.7 Å². The minimum Gasteiger partial charge on any atom is -0.369 e. The molecular weight excluding hydrogens is 290 g/mol. The minimum absolute atomic E-state index is 0.325. The molecule has 0 radical (unpaired) electrons. The van der Waals surface area contributed by atoms with E-state index in [1.54, 1.807) is 0 Å². The van der Waals surface area contributed by atoms with Gasteiger partial charge in [-0.3, -0.25) is 4.68 Å². The summed E-state index contributed by atoms with van der Waals surface area (Å²) in [6, 6.07) is 6.17. The molecule has 1 atom stereocenters. The molecule has 1 aliphatic heterocycles. The monoisotopic (exact) mass is 307 g/mol. The van der Waals surface area contributed by atoms with Crippen LogP contribution in [0.1, 0.15) is 27.6 Å². The van der Waals surface area contributed by atoms with E-state index in [0.717, 1.165) is 28.8 Å². The Balaban J connectivity index is 2.14. The Morgan fingerprint density at radius 1 is 1.40 bits per heavy atom. The minimum atomic E-state index is 0.325. The quantitative estimate of drug-likeness (QED) is 0.865. The number of rotatable bonds is 1. The van der Waals surface area contributed by atoms with E-state index in [4.69, 9.17) is 11.6 Å². The second-order valence-corrected chi connectivity index (χ2v) is 6.80. The first-order valence-corrected chi connectivity index (χ1v) is 8.15. The van der Waals surface area contributed by atoms with Crippen LogP contribution in [0.25, 0.3) is 0 Å². The van der Waals surface area contributed by atoms with E-state index in [9.17, 15) is 0 Å². The molecule has 0 amide bonds. The molecule has 1 aromatic carbocycles. The number of thioether (sulfide) groups is 1. The van der Waals surface area contributed by atoms with Crippen molar-refractivity contribution in [1.82, 2.24) is 9.78 Å². The van der Waals surface area contributed by atoms with Gasteiger partial charge in [-0.15, -0.1) is 11.8 Å². The fourth-order valence-corrected chi connectivity index (χ4v) is 4.38. The van der Waals surface area contributed by atoms with Crippen molar-refractivity contribution in [1.29, 1.82) is 0 Å². The van der Waals surface area contributed by atoms with E-state index in [0.29, 0.717) is 5.25 Å². The van der Waals surface area contributed by atoms with Gasteiger partial charge in [0.1, 0.15) is 5.82 Å². The molecule has 2 aromatic rings. The summed E-state index contributed by atoms with van der Waals surface area (Å²) >= 11 is 8.06. The molecular formula is C15H18ClN3S. The Hall–Kier alpha value is -1.13. The van der Waals surface area contributed by atoms with Gasteiger partial charge in [0, 0.05) is 29.9 Å². The molecule has 0 aliphatic carbocycles. The highest BCUT2D eigenvalue weighted by atomic mass is 35.5. The highest BCUT2D eigenvalue weighted by molar-refractivity contribution is 7.99. The molecule has 20 heavy (non-hydrogen) atoms. The number of fused-ring (bicyclic) bond motifs is 1. The number of aromatic nitrogens is 2. The molecule has 0 bridgehead atoms. The molecule has 5 heteroatoms. The van der Waals surface area contributed by atoms with Gasteiger partial charge in [0.15, 0.2) is 0 Å². The number of hydrogen-bond acceptors (Lipinski definition) is 3. The zero-order valence-electron chi connectivity index (χ0n) is 11.9. The lowest BCUT2D eigenvalue weighted by atomic mass is 10.00. The molecule has 3 rings (SSSR count). The standard InChI is InChI=1S/C15H18ClN3S/c1-9-8-11(16)4-5-12(9)14-13-10(2)18-19(3)15(13)17-6-7-20-14/h4-5,8,14,17H,6-7H2,1-3H3. The average molecular weight is 308 g/mol. The number of benzene rings is 1. The largest absolute Gasteiger partial charge is 0.369 e. The van der Waals surface area contributed by atoms with Gasteiger partial charge in [0.25, 0.3) is 0 Å². The van der Waals surface area contributed by atoms with Gasteiger partial charge in [-0.25, -0.2) is 0 Å². The molecule has 2 heterocycles. The van der Waals surface area contributed by atoms with Crippen molar-refractivity contribution in [2.45, 2.75) is 19.1 Å². The van der Waals surface area contributed by atoms with Crippen LogP contribution in [0.4, 0.5) is 5.82 Å². The fraction of sp³-hybridized carbons (Fsp3) is 0.400. The second kappa shape index (κ2) is 5.34. The van der Waals surface area contributed by atoms with Crippen LogP contribution in [-0.2, 0) is 7.05 Å². The Morgan fingerprint density at radius 2 is 2.20 bits per heavy atom. The first-order chi connectivity index (χ1) is 9.58. The highest BCUT2D eigenvalue weighted by Crippen LogP contribution is 2.43. The summed E-state index contributed by atoms with van der Waals surface area (Å²) < 4.78 is 1.95. The third-order valence-corrected chi connectivity index (χ3v) is 5.22. The Kier molecular flexibility index (Phi) is 3.69. The maximum absolute atomic E-state index is 6.09. The summed E-state index contributed by atoms with van der Waals surface area (Å²) in [6.45, 7) is 5.19. The van der Waals surface area contributed by atoms with Crippen molar-refractivity contribution in [3.05, 3.63) is 45.6 Å². The van der Waals surface area contributed by atoms with E-state index in [2.05, 4.69) is 30.3 Å². The lowest BCUT2D eigenvalue weighted by Gasteiger charge is -2.18. The number of nitrogens with one attached hydrogen (secondary N) is 1. The van der Waals surface area contributed by atoms with E-state index >= 15 is 0 Å². The SMILES string of the molecule is Cc1cc(Cl)ccc1C1SCCNc2c1c(C)nn2C. The number of aryl methyl sites for hydroxylation is 3. The van der Waals surface area contributed by atoms with E-state index in [-0.39, 0.29) is 0 Å². The van der Waals surface area contributed by atoms with Crippen molar-refractivity contribution in [2.75, 3.05) is 17.6 Å². The smallest absolute Gasteiger partial charge is 0.128 e. The zero-order chi connectivity index (χ0) is 14.3. The maximum atomic E-state index is 6.09. The summed E-state index contributed by atoms with van der Waals surface area (Å²) in [6.07, 6.45) is 0. The zero-order valence-corrected chi connectivity index (χ0v) is 13.5. The van der Waals surface area contributed by atoms with Crippen LogP contribution in [-0.4, -0.2) is 22.1 Å². The van der Waals surface area contributed by atoms with Crippen LogP contribution in [0.15, 0.2) is 18.2 Å². The van der Waals surface area contributed by atoms with Crippen LogP contribution in [0, 0.1) is 13.8 Å². The summed E-state index contributed by atoms with van der Waals surface area (Å²) in [5.74, 6) is 2.23. The average Bonchev–Trinajstić information content (AvgIpc) is 2.58. The topological polar surface area (TPSA) is 29.9 Å². The number of anilines is 1. The van der Waals surface area contributed by atoms with Gasteiger partial charge in [-0.1, -0.05) is 17.7 Å². The van der Waals surface area contributed by atoms with Crippen molar-refractivity contribution in [3.63, 3.8) is 0 Å². The maximum Gasteiger partial charge on any atom is 0.128 e. The van der Waals surface area contributed by atoms with Crippen LogP contribution < -0.4 is 5.32 Å². The molecule has 0 saturated heterocycles. The summed E-state index contributed by atoms with van der Waals surface area (Å²) in [4.78, 5) is 0. The van der Waals surface area contributed by atoms with E-state index in [1.807, 2.05) is 35.6 Å². The number of nitrogens with zero attached hydrogens (tertiary/aromatic N) is 2. The predicted octanol–water partition coefficient (Wildman–Crippen LogP) is 3.94. The van der Waals surface area contributed by atoms with Gasteiger partial charge < -0.3 is 5.32 Å². The van der Waals surface area contributed by atoms with Gasteiger partial charge >= 0.3 is 0 Å². The normalized spacial score (nSPS) is 18.3. The highest BCUT2D eigenvalue weighted by Gasteiger charge is 2.27. The van der Waals surface area contributed by atoms with Gasteiger partial charge in [0.2, 0.25) is 0 Å². The van der Waals surface area contributed by atoms with Crippen LogP contribution >= 0.6 is 23.4 Å². The van der Waals surface area contributed by atoms with Crippen molar-refractivity contribution in [2.24, 2.45) is 7.05 Å². The van der Waals surface area contributed by atoms with Crippen LogP contribution in [0.2, 0.25) is 5.02 Å². The van der Waals surface area contributed by atoms with Gasteiger partial charge in [-0.05, 0) is 37.1 Å². The predicted molar refractivity (Wildman–Crippen MR) is 86.9 cm³/mol. The molecule has 106 valence electrons. The third-order valence-electron chi connectivity index (χ3n) is 3.72. The summed E-state index contributed by atoms with van der Waals surface area (Å²) in [5, 5.41) is 9.19. The first kappa shape index (κ1) is 13.8. The lowest BCUT2D eigenvalue weighted by molar-refractivity contribution is 0.760. The second-order valence-electron chi connectivity index (χ2n) is 5.15. The molecule has 0 spiro atoms. The molecule has 1 aromatic heterocycles. The lowest BCUT2D eigenvalue weighted by Crippen LogP contribution is -2.06.